The molecule has 2 heteroatoms. The van der Waals surface area contributed by atoms with Crippen LogP contribution in [-0.2, 0) is 0 Å². The molecular formula is C16H27NS. The predicted molar refractivity (Wildman–Crippen MR) is 81.1 cm³/mol. The maximum atomic E-state index is 3.82. The predicted octanol–water partition coefficient (Wildman–Crippen LogP) is 5.01. The zero-order chi connectivity index (χ0) is 12.8. The highest BCUT2D eigenvalue weighted by atomic mass is 32.1. The minimum Gasteiger partial charge on any atom is -0.309 e. The Labute approximate surface area is 116 Å². The summed E-state index contributed by atoms with van der Waals surface area (Å²) < 4.78 is 0. The molecule has 0 amide bonds. The molecule has 1 aromatic heterocycles. The molecule has 3 atom stereocenters. The highest BCUT2D eigenvalue weighted by Crippen LogP contribution is 2.41. The zero-order valence-electron chi connectivity index (χ0n) is 11.8. The Kier molecular flexibility index (Phi) is 5.71. The summed E-state index contributed by atoms with van der Waals surface area (Å²) in [6.07, 6.45) is 8.30. The van der Waals surface area contributed by atoms with Gasteiger partial charge in [-0.3, -0.25) is 0 Å². The van der Waals surface area contributed by atoms with Crippen LogP contribution in [-0.4, -0.2) is 6.54 Å². The molecule has 1 heterocycles. The van der Waals surface area contributed by atoms with Crippen LogP contribution < -0.4 is 5.32 Å². The standard InChI is InChI=1S/C16H27NS/c1-3-11-17-16(15-10-7-12-18-15)14-9-6-5-8-13(14)4-2/h7,10,12-14,16-17H,3-6,8-9,11H2,1-2H3. The average molecular weight is 265 g/mol. The van der Waals surface area contributed by atoms with Crippen molar-refractivity contribution in [3.8, 4) is 0 Å². The fourth-order valence-corrected chi connectivity index (χ4v) is 4.29. The monoisotopic (exact) mass is 265 g/mol. The highest BCUT2D eigenvalue weighted by molar-refractivity contribution is 7.10. The SMILES string of the molecule is CCCNC(c1cccs1)C1CCCCC1CC. The van der Waals surface area contributed by atoms with Gasteiger partial charge in [-0.25, -0.2) is 0 Å². The molecule has 0 radical (unpaired) electrons. The van der Waals surface area contributed by atoms with Gasteiger partial charge in [0, 0.05) is 10.9 Å². The summed E-state index contributed by atoms with van der Waals surface area (Å²) in [5, 5.41) is 6.04. The largest absolute Gasteiger partial charge is 0.309 e. The molecule has 0 aliphatic heterocycles. The van der Waals surface area contributed by atoms with Gasteiger partial charge in [-0.05, 0) is 42.7 Å². The summed E-state index contributed by atoms with van der Waals surface area (Å²) in [4.78, 5) is 1.55. The normalized spacial score (nSPS) is 26.1. The van der Waals surface area contributed by atoms with Crippen molar-refractivity contribution in [2.45, 2.75) is 58.4 Å². The van der Waals surface area contributed by atoms with Crippen molar-refractivity contribution in [1.82, 2.24) is 5.32 Å². The van der Waals surface area contributed by atoms with Crippen molar-refractivity contribution in [1.29, 1.82) is 0 Å². The maximum absolute atomic E-state index is 3.82. The van der Waals surface area contributed by atoms with Gasteiger partial charge < -0.3 is 5.32 Å². The van der Waals surface area contributed by atoms with Crippen LogP contribution >= 0.6 is 11.3 Å². The Bertz CT molecular complexity index is 320. The van der Waals surface area contributed by atoms with E-state index in [0.717, 1.165) is 18.4 Å². The second-order valence-electron chi connectivity index (χ2n) is 5.56. The lowest BCUT2D eigenvalue weighted by Gasteiger charge is -2.37. The molecule has 3 unspecified atom stereocenters. The smallest absolute Gasteiger partial charge is 0.0446 e. The average Bonchev–Trinajstić information content (AvgIpc) is 2.94. The van der Waals surface area contributed by atoms with Crippen LogP contribution in [0.25, 0.3) is 0 Å². The number of nitrogens with one attached hydrogen (secondary N) is 1. The second kappa shape index (κ2) is 7.30. The first-order valence-electron chi connectivity index (χ1n) is 7.63. The fraction of sp³-hybridized carbons (Fsp3) is 0.750. The van der Waals surface area contributed by atoms with Crippen LogP contribution in [0.2, 0.25) is 0 Å². The van der Waals surface area contributed by atoms with Gasteiger partial charge in [0.15, 0.2) is 0 Å². The van der Waals surface area contributed by atoms with E-state index in [-0.39, 0.29) is 0 Å². The van der Waals surface area contributed by atoms with Crippen LogP contribution in [0.1, 0.15) is 63.3 Å². The number of hydrogen-bond acceptors (Lipinski definition) is 2. The third kappa shape index (κ3) is 3.36. The van der Waals surface area contributed by atoms with Gasteiger partial charge in [0.2, 0.25) is 0 Å². The van der Waals surface area contributed by atoms with Gasteiger partial charge in [0.25, 0.3) is 0 Å². The molecule has 2 rings (SSSR count). The van der Waals surface area contributed by atoms with Crippen molar-refractivity contribution in [2.75, 3.05) is 6.54 Å². The lowest BCUT2D eigenvalue weighted by Crippen LogP contribution is -2.34. The van der Waals surface area contributed by atoms with Crippen molar-refractivity contribution < 1.29 is 0 Å². The molecule has 18 heavy (non-hydrogen) atoms. The summed E-state index contributed by atoms with van der Waals surface area (Å²) in [6.45, 7) is 5.78. The van der Waals surface area contributed by atoms with Gasteiger partial charge >= 0.3 is 0 Å². The van der Waals surface area contributed by atoms with Crippen molar-refractivity contribution in [3.05, 3.63) is 22.4 Å². The molecule has 0 saturated heterocycles. The van der Waals surface area contributed by atoms with E-state index in [4.69, 9.17) is 0 Å². The molecule has 1 aliphatic rings. The molecule has 0 spiro atoms. The third-order valence-corrected chi connectivity index (χ3v) is 5.34. The molecule has 102 valence electrons. The van der Waals surface area contributed by atoms with E-state index in [2.05, 4.69) is 36.7 Å². The summed E-state index contributed by atoms with van der Waals surface area (Å²) in [7, 11) is 0. The Hall–Kier alpha value is -0.340. The van der Waals surface area contributed by atoms with Crippen LogP contribution in [0.5, 0.6) is 0 Å². The van der Waals surface area contributed by atoms with Crippen molar-refractivity contribution in [3.63, 3.8) is 0 Å². The van der Waals surface area contributed by atoms with Gasteiger partial charge in [-0.2, -0.15) is 0 Å². The van der Waals surface area contributed by atoms with E-state index in [1.54, 1.807) is 4.88 Å². The van der Waals surface area contributed by atoms with Crippen molar-refractivity contribution >= 4 is 11.3 Å². The summed E-state index contributed by atoms with van der Waals surface area (Å²) in [5.74, 6) is 1.78. The summed E-state index contributed by atoms with van der Waals surface area (Å²) in [6, 6.07) is 5.12. The van der Waals surface area contributed by atoms with Gasteiger partial charge in [-0.15, -0.1) is 11.3 Å². The van der Waals surface area contributed by atoms with Gasteiger partial charge in [-0.1, -0.05) is 45.6 Å². The first-order valence-corrected chi connectivity index (χ1v) is 8.51. The molecule has 1 aromatic rings. The Morgan fingerprint density at radius 3 is 2.83 bits per heavy atom. The lowest BCUT2D eigenvalue weighted by atomic mass is 9.73. The molecule has 0 bridgehead atoms. The molecule has 1 N–H and O–H groups in total. The second-order valence-corrected chi connectivity index (χ2v) is 6.54. The molecule has 1 fully saturated rings. The van der Waals surface area contributed by atoms with E-state index in [1.165, 1.54) is 38.5 Å². The van der Waals surface area contributed by atoms with Crippen LogP contribution in [0.15, 0.2) is 17.5 Å². The molecule has 1 saturated carbocycles. The Morgan fingerprint density at radius 1 is 1.33 bits per heavy atom. The molecule has 1 nitrogen and oxygen atoms in total. The van der Waals surface area contributed by atoms with E-state index in [1.807, 2.05) is 11.3 Å². The highest BCUT2D eigenvalue weighted by Gasteiger charge is 2.31. The van der Waals surface area contributed by atoms with E-state index < -0.39 is 0 Å². The number of thiophene rings is 1. The Balaban J connectivity index is 2.11. The first-order chi connectivity index (χ1) is 8.86. The third-order valence-electron chi connectivity index (χ3n) is 4.38. The van der Waals surface area contributed by atoms with Gasteiger partial charge in [0.1, 0.15) is 0 Å². The first kappa shape index (κ1) is 14.1. The molecule has 0 aromatic carbocycles. The number of rotatable bonds is 6. The summed E-state index contributed by atoms with van der Waals surface area (Å²) >= 11 is 1.93. The molecular weight excluding hydrogens is 238 g/mol. The minimum absolute atomic E-state index is 0.607. The fourth-order valence-electron chi connectivity index (χ4n) is 3.41. The van der Waals surface area contributed by atoms with E-state index in [9.17, 15) is 0 Å². The van der Waals surface area contributed by atoms with E-state index in [0.29, 0.717) is 6.04 Å². The van der Waals surface area contributed by atoms with E-state index >= 15 is 0 Å². The zero-order valence-corrected chi connectivity index (χ0v) is 12.6. The van der Waals surface area contributed by atoms with Crippen molar-refractivity contribution in [2.24, 2.45) is 11.8 Å². The number of hydrogen-bond donors (Lipinski definition) is 1. The van der Waals surface area contributed by atoms with Gasteiger partial charge in [0.05, 0.1) is 0 Å². The van der Waals surface area contributed by atoms with Crippen LogP contribution in [0.4, 0.5) is 0 Å². The quantitative estimate of drug-likeness (QED) is 0.762. The maximum Gasteiger partial charge on any atom is 0.0446 e. The Morgan fingerprint density at radius 2 is 2.17 bits per heavy atom. The lowest BCUT2D eigenvalue weighted by molar-refractivity contribution is 0.177. The van der Waals surface area contributed by atoms with Crippen LogP contribution in [0, 0.1) is 11.8 Å². The minimum atomic E-state index is 0.607. The topological polar surface area (TPSA) is 12.0 Å². The van der Waals surface area contributed by atoms with Crippen LogP contribution in [0.3, 0.4) is 0 Å². The summed E-state index contributed by atoms with van der Waals surface area (Å²) in [5.41, 5.74) is 0. The molecule has 1 aliphatic carbocycles.